The summed E-state index contributed by atoms with van der Waals surface area (Å²) in [6.45, 7) is 14.3. The number of fused-ring (bicyclic) bond motifs is 1. The molecule has 2 aromatic rings. The van der Waals surface area contributed by atoms with E-state index in [4.69, 9.17) is 18.9 Å². The van der Waals surface area contributed by atoms with E-state index >= 15 is 0 Å². The highest BCUT2D eigenvalue weighted by Crippen LogP contribution is 2.41. The van der Waals surface area contributed by atoms with E-state index in [1.807, 2.05) is 45.0 Å². The molecule has 8 nitrogen and oxygen atoms in total. The number of hydrogen-bond acceptors (Lipinski definition) is 7. The van der Waals surface area contributed by atoms with Crippen LogP contribution in [0, 0.1) is 5.41 Å². The second-order valence-electron chi connectivity index (χ2n) is 11.9. The van der Waals surface area contributed by atoms with E-state index in [1.54, 1.807) is 31.9 Å². The molecule has 0 atom stereocenters. The van der Waals surface area contributed by atoms with Crippen LogP contribution < -0.4 is 4.74 Å². The van der Waals surface area contributed by atoms with Crippen molar-refractivity contribution < 1.29 is 33.3 Å². The van der Waals surface area contributed by atoms with Gasteiger partial charge < -0.3 is 23.8 Å². The van der Waals surface area contributed by atoms with Crippen LogP contribution >= 0.6 is 0 Å². The second-order valence-corrected chi connectivity index (χ2v) is 11.9. The van der Waals surface area contributed by atoms with Gasteiger partial charge in [-0.05, 0) is 99.7 Å². The zero-order chi connectivity index (χ0) is 29.7. The van der Waals surface area contributed by atoms with E-state index in [9.17, 15) is 14.4 Å². The summed E-state index contributed by atoms with van der Waals surface area (Å²) in [5, 5.41) is 0. The molecule has 0 aliphatic heterocycles. The molecule has 0 saturated heterocycles. The van der Waals surface area contributed by atoms with Crippen molar-refractivity contribution in [3.05, 3.63) is 63.7 Å². The minimum atomic E-state index is -0.679. The number of esters is 2. The van der Waals surface area contributed by atoms with Gasteiger partial charge in [-0.2, -0.15) is 0 Å². The summed E-state index contributed by atoms with van der Waals surface area (Å²) in [5.41, 5.74) is 3.40. The molecule has 0 spiro atoms. The number of benzene rings is 2. The molecular weight excluding hydrogens is 510 g/mol. The van der Waals surface area contributed by atoms with E-state index in [1.165, 1.54) is 0 Å². The lowest BCUT2D eigenvalue weighted by atomic mass is 9.89. The van der Waals surface area contributed by atoms with Gasteiger partial charge in [0.2, 0.25) is 0 Å². The van der Waals surface area contributed by atoms with Crippen LogP contribution in [0.3, 0.4) is 0 Å². The topological polar surface area (TPSA) is 91.4 Å². The zero-order valence-electron chi connectivity index (χ0n) is 25.1. The van der Waals surface area contributed by atoms with Gasteiger partial charge in [-0.25, -0.2) is 14.4 Å². The molecule has 0 aromatic heterocycles. The van der Waals surface area contributed by atoms with Crippen molar-refractivity contribution in [2.75, 3.05) is 26.9 Å². The van der Waals surface area contributed by atoms with Crippen molar-refractivity contribution in [3.63, 3.8) is 0 Å². The monoisotopic (exact) mass is 553 g/mol. The molecule has 0 N–H and O–H groups in total. The Hall–Kier alpha value is -3.55. The Kier molecular flexibility index (Phi) is 9.87. The number of rotatable bonds is 10. The molecule has 1 amide bonds. The lowest BCUT2D eigenvalue weighted by molar-refractivity contribution is 0.0235. The van der Waals surface area contributed by atoms with Crippen molar-refractivity contribution in [2.45, 2.75) is 79.9 Å². The maximum atomic E-state index is 13.3. The fourth-order valence-corrected chi connectivity index (χ4v) is 5.07. The predicted molar refractivity (Wildman–Crippen MR) is 153 cm³/mol. The van der Waals surface area contributed by atoms with Crippen LogP contribution in [0.2, 0.25) is 0 Å². The number of methoxy groups -OCH3 is 1. The molecule has 218 valence electrons. The first-order valence-corrected chi connectivity index (χ1v) is 13.9. The van der Waals surface area contributed by atoms with Gasteiger partial charge in [0.15, 0.2) is 0 Å². The molecule has 0 saturated carbocycles. The van der Waals surface area contributed by atoms with Crippen LogP contribution in [0.15, 0.2) is 30.3 Å². The SMILES string of the molecule is CCOC(=O)c1cc(CCN(Cc2ccc(OC)cc2)C(=O)OC(C)(C)C)c(C(=O)OCC)c2c1CC(C)(C)C2. The first-order valence-electron chi connectivity index (χ1n) is 13.9. The summed E-state index contributed by atoms with van der Waals surface area (Å²) in [5.74, 6) is -0.102. The highest BCUT2D eigenvalue weighted by atomic mass is 16.6. The summed E-state index contributed by atoms with van der Waals surface area (Å²) in [7, 11) is 1.60. The number of amides is 1. The highest BCUT2D eigenvalue weighted by Gasteiger charge is 2.37. The standard InChI is InChI=1S/C32H43NO7/c1-9-38-28(34)24-17-22(27(29(35)39-10-2)26-19-32(6,7)18-25(24)26)15-16-33(30(36)40-31(3,4)5)20-21-11-13-23(37-8)14-12-21/h11-14,17H,9-10,15-16,18-20H2,1-8H3. The Labute approximate surface area is 237 Å². The average molecular weight is 554 g/mol. The lowest BCUT2D eigenvalue weighted by Crippen LogP contribution is -2.37. The quantitative estimate of drug-likeness (QED) is 0.257. The second kappa shape index (κ2) is 12.7. The summed E-state index contributed by atoms with van der Waals surface area (Å²) < 4.78 is 21.8. The fraction of sp³-hybridized carbons (Fsp3) is 0.531. The van der Waals surface area contributed by atoms with E-state index < -0.39 is 23.6 Å². The van der Waals surface area contributed by atoms with E-state index in [0.717, 1.165) is 22.4 Å². The van der Waals surface area contributed by atoms with Crippen molar-refractivity contribution in [2.24, 2.45) is 5.41 Å². The maximum absolute atomic E-state index is 13.3. The van der Waals surface area contributed by atoms with Crippen LogP contribution in [0.25, 0.3) is 0 Å². The van der Waals surface area contributed by atoms with Crippen molar-refractivity contribution in [1.29, 1.82) is 0 Å². The minimum absolute atomic E-state index is 0.125. The molecule has 0 bridgehead atoms. The van der Waals surface area contributed by atoms with Crippen molar-refractivity contribution >= 4 is 18.0 Å². The van der Waals surface area contributed by atoms with Crippen LogP contribution in [-0.2, 0) is 40.0 Å². The first kappa shape index (κ1) is 31.0. The van der Waals surface area contributed by atoms with E-state index in [0.29, 0.717) is 42.5 Å². The van der Waals surface area contributed by atoms with Crippen molar-refractivity contribution in [3.8, 4) is 5.75 Å². The Morgan fingerprint density at radius 3 is 2.10 bits per heavy atom. The predicted octanol–water partition coefficient (Wildman–Crippen LogP) is 6.15. The van der Waals surface area contributed by atoms with Gasteiger partial charge in [0.05, 0.1) is 31.5 Å². The van der Waals surface area contributed by atoms with Gasteiger partial charge in [0.25, 0.3) is 0 Å². The van der Waals surface area contributed by atoms with Crippen LogP contribution in [0.1, 0.15) is 91.4 Å². The molecule has 3 rings (SSSR count). The van der Waals surface area contributed by atoms with Gasteiger partial charge >= 0.3 is 18.0 Å². The Morgan fingerprint density at radius 2 is 1.52 bits per heavy atom. The third kappa shape index (κ3) is 7.77. The third-order valence-corrected chi connectivity index (χ3v) is 6.75. The van der Waals surface area contributed by atoms with Gasteiger partial charge in [-0.3, -0.25) is 0 Å². The average Bonchev–Trinajstić information content (AvgIpc) is 3.19. The Balaban J connectivity index is 2.03. The largest absolute Gasteiger partial charge is 0.497 e. The van der Waals surface area contributed by atoms with Gasteiger partial charge in [-0.1, -0.05) is 26.0 Å². The summed E-state index contributed by atoms with van der Waals surface area (Å²) >= 11 is 0. The molecule has 0 fully saturated rings. The summed E-state index contributed by atoms with van der Waals surface area (Å²) in [6, 6.07) is 9.24. The van der Waals surface area contributed by atoms with Gasteiger partial charge in [0.1, 0.15) is 11.4 Å². The fourth-order valence-electron chi connectivity index (χ4n) is 5.07. The minimum Gasteiger partial charge on any atom is -0.497 e. The normalized spacial score (nSPS) is 13.8. The Bertz CT molecular complexity index is 1230. The highest BCUT2D eigenvalue weighted by molar-refractivity contribution is 5.98. The molecule has 8 heteroatoms. The first-order chi connectivity index (χ1) is 18.8. The van der Waals surface area contributed by atoms with E-state index in [-0.39, 0.29) is 25.2 Å². The van der Waals surface area contributed by atoms with Crippen LogP contribution in [-0.4, -0.2) is 55.4 Å². The molecule has 0 unspecified atom stereocenters. The van der Waals surface area contributed by atoms with Gasteiger partial charge in [-0.15, -0.1) is 0 Å². The van der Waals surface area contributed by atoms with Crippen LogP contribution in [0.4, 0.5) is 4.79 Å². The number of hydrogen-bond donors (Lipinski definition) is 0. The Morgan fingerprint density at radius 1 is 0.925 bits per heavy atom. The number of nitrogens with zero attached hydrogens (tertiary/aromatic N) is 1. The smallest absolute Gasteiger partial charge is 0.410 e. The zero-order valence-corrected chi connectivity index (χ0v) is 25.1. The van der Waals surface area contributed by atoms with Crippen molar-refractivity contribution in [1.82, 2.24) is 4.90 Å². The molecule has 40 heavy (non-hydrogen) atoms. The lowest BCUT2D eigenvalue weighted by Gasteiger charge is -2.28. The van der Waals surface area contributed by atoms with Gasteiger partial charge in [0, 0.05) is 13.1 Å². The summed E-state index contributed by atoms with van der Waals surface area (Å²) in [4.78, 5) is 41.2. The molecule has 1 aliphatic carbocycles. The molecule has 1 aliphatic rings. The van der Waals surface area contributed by atoms with E-state index in [2.05, 4.69) is 13.8 Å². The number of carbonyl (C=O) groups excluding carboxylic acids is 3. The number of carbonyl (C=O) groups is 3. The third-order valence-electron chi connectivity index (χ3n) is 6.75. The summed E-state index contributed by atoms with van der Waals surface area (Å²) in [6.07, 6.45) is 1.15. The van der Waals surface area contributed by atoms with Crippen LogP contribution in [0.5, 0.6) is 5.75 Å². The molecule has 0 radical (unpaired) electrons. The number of ether oxygens (including phenoxy) is 4. The maximum Gasteiger partial charge on any atom is 0.410 e. The molecular formula is C32H43NO7. The molecule has 2 aromatic carbocycles. The molecule has 0 heterocycles.